The molecule has 0 spiro atoms. The third-order valence-electron chi connectivity index (χ3n) is 3.61. The van der Waals surface area contributed by atoms with Gasteiger partial charge in [0.15, 0.2) is 5.78 Å². The van der Waals surface area contributed by atoms with E-state index in [1.807, 2.05) is 13.8 Å². The highest BCUT2D eigenvalue weighted by atomic mass is 16.2. The van der Waals surface area contributed by atoms with E-state index in [2.05, 4.69) is 10.6 Å². The second-order valence-corrected chi connectivity index (χ2v) is 6.68. The van der Waals surface area contributed by atoms with E-state index in [9.17, 15) is 19.2 Å². The minimum atomic E-state index is -0.655. The summed E-state index contributed by atoms with van der Waals surface area (Å²) in [7, 11) is 0. The zero-order chi connectivity index (χ0) is 18.7. The van der Waals surface area contributed by atoms with Crippen LogP contribution < -0.4 is 10.6 Å². The number of ketones is 2. The highest BCUT2D eigenvalue weighted by Gasteiger charge is 2.23. The molecule has 0 aromatic rings. The van der Waals surface area contributed by atoms with Crippen LogP contribution in [0.3, 0.4) is 0 Å². The first-order valence-corrected chi connectivity index (χ1v) is 8.81. The number of Topliss-reactive ketones (excluding diaryl/α,β-unsaturated/α-hetero) is 2. The molecule has 0 fully saturated rings. The van der Waals surface area contributed by atoms with Gasteiger partial charge in [0, 0.05) is 37.6 Å². The molecule has 138 valence electrons. The molecule has 2 N–H and O–H groups in total. The van der Waals surface area contributed by atoms with Crippen molar-refractivity contribution >= 4 is 23.4 Å². The van der Waals surface area contributed by atoms with Gasteiger partial charge in [-0.1, -0.05) is 20.8 Å². The summed E-state index contributed by atoms with van der Waals surface area (Å²) in [5.41, 5.74) is 0. The highest BCUT2D eigenvalue weighted by Crippen LogP contribution is 2.08. The second kappa shape index (κ2) is 11.8. The fourth-order valence-electron chi connectivity index (χ4n) is 2.25. The molecule has 0 aromatic heterocycles. The number of rotatable bonds is 12. The van der Waals surface area contributed by atoms with Crippen LogP contribution >= 0.6 is 0 Å². The van der Waals surface area contributed by atoms with Crippen molar-refractivity contribution in [1.82, 2.24) is 10.6 Å². The standard InChI is InChI=1S/C18H32N2O4/c1-6-14(21)8-7-9-16(22)20-15(18(24)12(2)3)10-11-17(23)19-13(4)5/h12-13,15H,6-11H2,1-5H3,(H,19,23)(H,20,22). The number of carbonyl (C=O) groups is 4. The molecular formula is C18H32N2O4. The molecule has 0 aliphatic carbocycles. The lowest BCUT2D eigenvalue weighted by Crippen LogP contribution is -2.43. The van der Waals surface area contributed by atoms with Gasteiger partial charge in [-0.25, -0.2) is 0 Å². The molecule has 1 unspecified atom stereocenters. The van der Waals surface area contributed by atoms with Crippen LogP contribution in [0.5, 0.6) is 0 Å². The van der Waals surface area contributed by atoms with Crippen LogP contribution in [0.25, 0.3) is 0 Å². The van der Waals surface area contributed by atoms with Gasteiger partial charge in [-0.05, 0) is 26.7 Å². The monoisotopic (exact) mass is 340 g/mol. The zero-order valence-electron chi connectivity index (χ0n) is 15.6. The molecule has 0 aromatic carbocycles. The lowest BCUT2D eigenvalue weighted by molar-refractivity contribution is -0.130. The highest BCUT2D eigenvalue weighted by molar-refractivity contribution is 5.91. The Kier molecular flexibility index (Phi) is 10.9. The summed E-state index contributed by atoms with van der Waals surface area (Å²) in [6.45, 7) is 9.08. The van der Waals surface area contributed by atoms with E-state index in [-0.39, 0.29) is 54.6 Å². The third kappa shape index (κ3) is 10.1. The fourth-order valence-corrected chi connectivity index (χ4v) is 2.25. The Bertz CT molecular complexity index is 444. The molecule has 0 aliphatic heterocycles. The number of hydrogen-bond acceptors (Lipinski definition) is 4. The third-order valence-corrected chi connectivity index (χ3v) is 3.61. The lowest BCUT2D eigenvalue weighted by Gasteiger charge is -2.20. The van der Waals surface area contributed by atoms with Gasteiger partial charge in [0.05, 0.1) is 6.04 Å². The Labute approximate surface area is 145 Å². The van der Waals surface area contributed by atoms with Gasteiger partial charge in [0.1, 0.15) is 5.78 Å². The molecule has 24 heavy (non-hydrogen) atoms. The Morgan fingerprint density at radius 3 is 1.92 bits per heavy atom. The van der Waals surface area contributed by atoms with E-state index >= 15 is 0 Å². The van der Waals surface area contributed by atoms with Crippen molar-refractivity contribution in [2.45, 2.75) is 85.2 Å². The van der Waals surface area contributed by atoms with E-state index in [0.29, 0.717) is 19.3 Å². The van der Waals surface area contributed by atoms with E-state index in [1.165, 1.54) is 0 Å². The maximum atomic E-state index is 12.2. The summed E-state index contributed by atoms with van der Waals surface area (Å²) < 4.78 is 0. The molecule has 6 heteroatoms. The SMILES string of the molecule is CCC(=O)CCCC(=O)NC(CCC(=O)NC(C)C)C(=O)C(C)C. The number of nitrogens with one attached hydrogen (secondary N) is 2. The van der Waals surface area contributed by atoms with Crippen molar-refractivity contribution in [3.05, 3.63) is 0 Å². The molecule has 0 aliphatic rings. The molecular weight excluding hydrogens is 308 g/mol. The van der Waals surface area contributed by atoms with E-state index in [4.69, 9.17) is 0 Å². The Balaban J connectivity index is 4.50. The molecule has 0 saturated heterocycles. The average Bonchev–Trinajstić information content (AvgIpc) is 2.49. The summed E-state index contributed by atoms with van der Waals surface area (Å²) in [4.78, 5) is 47.2. The first-order chi connectivity index (χ1) is 11.2. The molecule has 2 amide bonds. The van der Waals surface area contributed by atoms with Crippen LogP contribution in [0.4, 0.5) is 0 Å². The Morgan fingerprint density at radius 2 is 1.42 bits per heavy atom. The summed E-state index contributed by atoms with van der Waals surface area (Å²) in [5, 5.41) is 5.49. The fraction of sp³-hybridized carbons (Fsp3) is 0.778. The smallest absolute Gasteiger partial charge is 0.220 e. The van der Waals surface area contributed by atoms with Crippen LogP contribution in [0.15, 0.2) is 0 Å². The van der Waals surface area contributed by atoms with Crippen molar-refractivity contribution in [1.29, 1.82) is 0 Å². The van der Waals surface area contributed by atoms with Gasteiger partial charge in [-0.3, -0.25) is 19.2 Å². The largest absolute Gasteiger partial charge is 0.354 e. The first-order valence-electron chi connectivity index (χ1n) is 8.81. The molecule has 0 rings (SSSR count). The molecule has 0 bridgehead atoms. The average molecular weight is 340 g/mol. The lowest BCUT2D eigenvalue weighted by atomic mass is 9.97. The Hall–Kier alpha value is -1.72. The van der Waals surface area contributed by atoms with Gasteiger partial charge in [-0.2, -0.15) is 0 Å². The first kappa shape index (κ1) is 22.3. The summed E-state index contributed by atoms with van der Waals surface area (Å²) in [6.07, 6.45) is 2.02. The quantitative estimate of drug-likeness (QED) is 0.569. The minimum Gasteiger partial charge on any atom is -0.354 e. The predicted octanol–water partition coefficient (Wildman–Crippen LogP) is 2.15. The van der Waals surface area contributed by atoms with Gasteiger partial charge in [0.2, 0.25) is 11.8 Å². The van der Waals surface area contributed by atoms with Crippen LogP contribution in [-0.4, -0.2) is 35.5 Å². The van der Waals surface area contributed by atoms with Crippen LogP contribution in [0, 0.1) is 5.92 Å². The number of carbonyl (C=O) groups excluding carboxylic acids is 4. The molecule has 6 nitrogen and oxygen atoms in total. The normalized spacial score (nSPS) is 12.1. The van der Waals surface area contributed by atoms with Crippen molar-refractivity contribution < 1.29 is 19.2 Å². The van der Waals surface area contributed by atoms with Crippen molar-refractivity contribution in [3.63, 3.8) is 0 Å². The van der Waals surface area contributed by atoms with Gasteiger partial charge < -0.3 is 10.6 Å². The van der Waals surface area contributed by atoms with Crippen LogP contribution in [0.2, 0.25) is 0 Å². The van der Waals surface area contributed by atoms with Gasteiger partial charge >= 0.3 is 0 Å². The van der Waals surface area contributed by atoms with Gasteiger partial charge in [0.25, 0.3) is 0 Å². The van der Waals surface area contributed by atoms with Crippen molar-refractivity contribution in [3.8, 4) is 0 Å². The van der Waals surface area contributed by atoms with Gasteiger partial charge in [-0.15, -0.1) is 0 Å². The van der Waals surface area contributed by atoms with E-state index < -0.39 is 6.04 Å². The van der Waals surface area contributed by atoms with Crippen molar-refractivity contribution in [2.24, 2.45) is 5.92 Å². The van der Waals surface area contributed by atoms with Crippen LogP contribution in [-0.2, 0) is 19.2 Å². The summed E-state index contributed by atoms with van der Waals surface area (Å²) in [5.74, 6) is -0.546. The number of amides is 2. The van der Waals surface area contributed by atoms with E-state index in [1.54, 1.807) is 20.8 Å². The molecule has 1 atom stereocenters. The maximum absolute atomic E-state index is 12.2. The number of hydrogen-bond donors (Lipinski definition) is 2. The topological polar surface area (TPSA) is 92.3 Å². The summed E-state index contributed by atoms with van der Waals surface area (Å²) >= 11 is 0. The Morgan fingerprint density at radius 1 is 0.833 bits per heavy atom. The van der Waals surface area contributed by atoms with Crippen LogP contribution in [0.1, 0.15) is 73.1 Å². The molecule has 0 heterocycles. The molecule has 0 radical (unpaired) electrons. The van der Waals surface area contributed by atoms with Crippen molar-refractivity contribution in [2.75, 3.05) is 0 Å². The minimum absolute atomic E-state index is 0.0439. The molecule has 0 saturated carbocycles. The zero-order valence-corrected chi connectivity index (χ0v) is 15.6. The predicted molar refractivity (Wildman–Crippen MR) is 93.4 cm³/mol. The second-order valence-electron chi connectivity index (χ2n) is 6.68. The summed E-state index contributed by atoms with van der Waals surface area (Å²) in [6, 6.07) is -0.611. The van der Waals surface area contributed by atoms with E-state index in [0.717, 1.165) is 0 Å². The maximum Gasteiger partial charge on any atom is 0.220 e.